The maximum absolute atomic E-state index is 13.8. The molecule has 0 bridgehead atoms. The van der Waals surface area contributed by atoms with Gasteiger partial charge in [0.1, 0.15) is 12.1 Å². The average Bonchev–Trinajstić information content (AvgIpc) is 3.71. The molecule has 1 aromatic heterocycles. The van der Waals surface area contributed by atoms with Gasteiger partial charge in [0.15, 0.2) is 0 Å². The lowest BCUT2D eigenvalue weighted by Gasteiger charge is -2.35. The molecule has 3 heterocycles. The van der Waals surface area contributed by atoms with E-state index >= 15 is 0 Å². The first-order chi connectivity index (χ1) is 24.0. The third kappa shape index (κ3) is 12.7. The molecule has 2 aliphatic heterocycles. The Bertz CT molecular complexity index is 1340. The maximum atomic E-state index is 13.8. The molecule has 0 radical (unpaired) electrons. The zero-order valence-electron chi connectivity index (χ0n) is 29.9. The summed E-state index contributed by atoms with van der Waals surface area (Å²) in [4.78, 5) is 46.8. The van der Waals surface area contributed by atoms with Crippen molar-refractivity contribution in [3.8, 4) is 10.4 Å². The second-order valence-electron chi connectivity index (χ2n) is 13.9. The van der Waals surface area contributed by atoms with Crippen molar-refractivity contribution in [3.63, 3.8) is 0 Å². The Balaban J connectivity index is 1.14. The molecular weight excluding hydrogens is 662 g/mol. The van der Waals surface area contributed by atoms with Crippen LogP contribution in [0.1, 0.15) is 57.7 Å². The molecule has 2 aliphatic rings. The fourth-order valence-corrected chi connectivity index (χ4v) is 6.77. The first-order valence-electron chi connectivity index (χ1n) is 17.6. The molecule has 0 saturated carbocycles. The van der Waals surface area contributed by atoms with E-state index < -0.39 is 29.5 Å². The fourth-order valence-electron chi connectivity index (χ4n) is 5.96. The number of aliphatic hydroxyl groups is 1. The number of carbonyl (C=O) groups is 3. The van der Waals surface area contributed by atoms with Gasteiger partial charge in [0, 0.05) is 25.9 Å². The van der Waals surface area contributed by atoms with Crippen molar-refractivity contribution in [1.29, 1.82) is 0 Å². The van der Waals surface area contributed by atoms with Gasteiger partial charge < -0.3 is 44.9 Å². The number of piperidine rings is 1. The Morgan fingerprint density at radius 3 is 2.26 bits per heavy atom. The number of carbonyl (C=O) groups excluding carboxylic acids is 3. The summed E-state index contributed by atoms with van der Waals surface area (Å²) in [7, 11) is 0. The van der Waals surface area contributed by atoms with Crippen LogP contribution in [0.15, 0.2) is 29.8 Å². The highest BCUT2D eigenvalue weighted by Crippen LogP contribution is 2.28. The van der Waals surface area contributed by atoms with Crippen LogP contribution in [0.25, 0.3) is 10.4 Å². The minimum atomic E-state index is -0.897. The fraction of sp³-hybridized carbons (Fsp3) is 0.667. The Labute approximate surface area is 299 Å². The minimum absolute atomic E-state index is 0.0164. The predicted molar refractivity (Wildman–Crippen MR) is 191 cm³/mol. The Hall–Kier alpha value is -2.98. The molecule has 0 aliphatic carbocycles. The van der Waals surface area contributed by atoms with E-state index in [1.165, 1.54) is 4.90 Å². The van der Waals surface area contributed by atoms with E-state index in [4.69, 9.17) is 18.9 Å². The smallest absolute Gasteiger partial charge is 0.246 e. The molecule has 2 saturated heterocycles. The molecule has 4 rings (SSSR count). The summed E-state index contributed by atoms with van der Waals surface area (Å²) in [5, 5.41) is 19.6. The van der Waals surface area contributed by atoms with Gasteiger partial charge in [0.05, 0.1) is 74.5 Å². The molecule has 2 aromatic rings. The molecule has 0 unspecified atom stereocenters. The molecule has 13 nitrogen and oxygen atoms in total. The van der Waals surface area contributed by atoms with Crippen molar-refractivity contribution in [2.45, 2.75) is 84.2 Å². The van der Waals surface area contributed by atoms with E-state index in [-0.39, 0.29) is 44.4 Å². The Kier molecular flexibility index (Phi) is 16.0. The maximum Gasteiger partial charge on any atom is 0.246 e. The predicted octanol–water partition coefficient (Wildman–Crippen LogP) is 2.44. The Morgan fingerprint density at radius 1 is 1.00 bits per heavy atom. The summed E-state index contributed by atoms with van der Waals surface area (Å²) in [6.45, 7) is 12.7. The summed E-state index contributed by atoms with van der Waals surface area (Å²) >= 11 is 1.58. The lowest BCUT2D eigenvalue weighted by atomic mass is 9.85. The van der Waals surface area contributed by atoms with Gasteiger partial charge in [-0.1, -0.05) is 45.0 Å². The summed E-state index contributed by atoms with van der Waals surface area (Å²) in [6, 6.07) is 6.16. The van der Waals surface area contributed by atoms with Crippen molar-refractivity contribution in [3.05, 3.63) is 41.0 Å². The highest BCUT2D eigenvalue weighted by atomic mass is 32.1. The zero-order valence-corrected chi connectivity index (χ0v) is 30.7. The van der Waals surface area contributed by atoms with Crippen molar-refractivity contribution < 1.29 is 38.4 Å². The largest absolute Gasteiger partial charge is 0.391 e. The summed E-state index contributed by atoms with van der Waals surface area (Å²) in [5.41, 5.74) is 4.12. The number of thiazole rings is 1. The number of nitrogens with one attached hydrogen (secondary N) is 3. The lowest BCUT2D eigenvalue weighted by Crippen LogP contribution is -2.57. The van der Waals surface area contributed by atoms with Crippen LogP contribution < -0.4 is 16.0 Å². The van der Waals surface area contributed by atoms with Crippen LogP contribution in [0, 0.1) is 12.3 Å². The minimum Gasteiger partial charge on any atom is -0.391 e. The summed E-state index contributed by atoms with van der Waals surface area (Å²) < 4.78 is 22.5. The second kappa shape index (κ2) is 20.2. The number of likely N-dealkylation sites (tertiary alicyclic amines) is 1. The van der Waals surface area contributed by atoms with Crippen molar-refractivity contribution in [2.75, 3.05) is 65.9 Å². The van der Waals surface area contributed by atoms with Crippen molar-refractivity contribution in [2.24, 2.45) is 5.41 Å². The van der Waals surface area contributed by atoms with E-state index in [1.807, 2.05) is 57.5 Å². The third-order valence-electron chi connectivity index (χ3n) is 8.80. The number of hydrogen-bond acceptors (Lipinski definition) is 11. The van der Waals surface area contributed by atoms with Crippen molar-refractivity contribution in [1.82, 2.24) is 25.8 Å². The van der Waals surface area contributed by atoms with Crippen LogP contribution in [-0.4, -0.2) is 123 Å². The summed E-state index contributed by atoms with van der Waals surface area (Å²) in [6.07, 6.45) is 1.75. The monoisotopic (exact) mass is 717 g/mol. The Morgan fingerprint density at radius 2 is 1.64 bits per heavy atom. The number of benzene rings is 1. The molecule has 4 N–H and O–H groups in total. The van der Waals surface area contributed by atoms with Gasteiger partial charge in [-0.2, -0.15) is 0 Å². The molecule has 3 atom stereocenters. The van der Waals surface area contributed by atoms with Gasteiger partial charge in [-0.25, -0.2) is 4.98 Å². The van der Waals surface area contributed by atoms with Crippen LogP contribution in [-0.2, 0) is 39.9 Å². The first-order valence-corrected chi connectivity index (χ1v) is 18.5. The van der Waals surface area contributed by atoms with E-state index in [0.29, 0.717) is 45.7 Å². The molecule has 50 heavy (non-hydrogen) atoms. The van der Waals surface area contributed by atoms with Crippen LogP contribution >= 0.6 is 11.3 Å². The topological polar surface area (TPSA) is 161 Å². The molecule has 278 valence electrons. The first kappa shape index (κ1) is 39.8. The van der Waals surface area contributed by atoms with Gasteiger partial charge in [0.25, 0.3) is 0 Å². The average molecular weight is 718 g/mol. The highest BCUT2D eigenvalue weighted by molar-refractivity contribution is 7.13. The number of aliphatic hydroxyl groups excluding tert-OH is 1. The SMILES string of the molecule is Cc1ncsc1-c1ccc(CNC(=O)[C@@H]2C[C@@H](O)CN2C(=O)[C@@H](NC(=O)CCOCCOCCOCCOC2CCNCC2)C(C)(C)C)cc1. The highest BCUT2D eigenvalue weighted by Gasteiger charge is 2.44. The standard InChI is InChI=1S/C36H55N5O8S/c1-25-32(50-24-39-25)27-7-5-26(6-8-27)22-38-34(44)30-21-28(42)23-41(30)35(45)33(36(2,3)4)40-31(43)11-14-46-15-16-47-17-18-48-19-20-49-29-9-12-37-13-10-29/h5-8,24,28-30,33,37,42H,9-23H2,1-4H3,(H,38,44)(H,40,43)/t28-,30+,33-/m1/s1. The van der Waals surface area contributed by atoms with Gasteiger partial charge in [0.2, 0.25) is 17.7 Å². The number of β-amino-alcohol motifs (C(OH)–C–C–N with tert-alkyl or cyclic N) is 1. The number of nitrogens with zero attached hydrogens (tertiary/aromatic N) is 2. The number of aromatic nitrogens is 1. The second-order valence-corrected chi connectivity index (χ2v) is 14.7. The summed E-state index contributed by atoms with van der Waals surface area (Å²) in [5.74, 6) is -1.08. The van der Waals surface area contributed by atoms with E-state index in [2.05, 4.69) is 20.9 Å². The van der Waals surface area contributed by atoms with Gasteiger partial charge >= 0.3 is 0 Å². The number of hydrogen-bond donors (Lipinski definition) is 4. The molecule has 0 spiro atoms. The lowest BCUT2D eigenvalue weighted by molar-refractivity contribution is -0.144. The van der Waals surface area contributed by atoms with Crippen LogP contribution in [0.4, 0.5) is 0 Å². The molecule has 14 heteroatoms. The van der Waals surface area contributed by atoms with Gasteiger partial charge in [-0.15, -0.1) is 11.3 Å². The third-order valence-corrected chi connectivity index (χ3v) is 9.77. The van der Waals surface area contributed by atoms with Crippen molar-refractivity contribution >= 4 is 29.1 Å². The quantitative estimate of drug-likeness (QED) is 0.159. The molecule has 2 fully saturated rings. The normalized spacial score (nSPS) is 19.0. The number of aryl methyl sites for hydroxylation is 1. The zero-order chi connectivity index (χ0) is 35.9. The van der Waals surface area contributed by atoms with Crippen LogP contribution in [0.3, 0.4) is 0 Å². The van der Waals surface area contributed by atoms with E-state index in [1.54, 1.807) is 11.3 Å². The van der Waals surface area contributed by atoms with Crippen LogP contribution in [0.2, 0.25) is 0 Å². The molecular formula is C36H55N5O8S. The number of rotatable bonds is 19. The number of ether oxygens (including phenoxy) is 4. The van der Waals surface area contributed by atoms with E-state index in [0.717, 1.165) is 47.6 Å². The van der Waals surface area contributed by atoms with Crippen LogP contribution in [0.5, 0.6) is 0 Å². The van der Waals surface area contributed by atoms with Gasteiger partial charge in [-0.05, 0) is 49.4 Å². The molecule has 1 aromatic carbocycles. The molecule has 3 amide bonds. The van der Waals surface area contributed by atoms with E-state index in [9.17, 15) is 19.5 Å². The number of amides is 3. The van der Waals surface area contributed by atoms with Gasteiger partial charge in [-0.3, -0.25) is 14.4 Å².